The number of rotatable bonds is 8. The van der Waals surface area contributed by atoms with Crippen LogP contribution in [0.25, 0.3) is 0 Å². The minimum absolute atomic E-state index is 0.0988. The van der Waals surface area contributed by atoms with Crippen molar-refractivity contribution in [3.8, 4) is 0 Å². The van der Waals surface area contributed by atoms with Crippen molar-refractivity contribution in [3.05, 3.63) is 89.5 Å². The number of halogens is 1. The first-order valence-electron chi connectivity index (χ1n) is 10.9. The molecule has 4 rings (SSSR count). The van der Waals surface area contributed by atoms with Crippen molar-refractivity contribution >= 4 is 5.91 Å². The molecule has 1 aliphatic rings. The van der Waals surface area contributed by atoms with Crippen molar-refractivity contribution in [1.82, 2.24) is 19.6 Å². The summed E-state index contributed by atoms with van der Waals surface area (Å²) in [4.78, 5) is 17.1. The average Bonchev–Trinajstić information content (AvgIpc) is 3.12. The number of ether oxygens (including phenoxy) is 1. The zero-order valence-corrected chi connectivity index (χ0v) is 18.4. The maximum atomic E-state index is 13.6. The number of carbonyl (C=O) groups is 1. The van der Waals surface area contributed by atoms with Gasteiger partial charge in [0.1, 0.15) is 5.82 Å². The van der Waals surface area contributed by atoms with Gasteiger partial charge in [-0.3, -0.25) is 14.4 Å². The molecule has 1 fully saturated rings. The van der Waals surface area contributed by atoms with Crippen LogP contribution in [0.15, 0.2) is 67.0 Å². The Morgan fingerprint density at radius 3 is 2.62 bits per heavy atom. The van der Waals surface area contributed by atoms with Crippen LogP contribution in [0.3, 0.4) is 0 Å². The topological polar surface area (TPSA) is 50.6 Å². The second kappa shape index (κ2) is 10.5. The summed E-state index contributed by atoms with van der Waals surface area (Å²) in [6.07, 6.45) is 4.42. The molecule has 0 N–H and O–H groups in total. The third-order valence-corrected chi connectivity index (χ3v) is 5.65. The molecule has 168 valence electrons. The smallest absolute Gasteiger partial charge is 0.236 e. The van der Waals surface area contributed by atoms with Gasteiger partial charge in [-0.2, -0.15) is 5.10 Å². The monoisotopic (exact) mass is 436 g/mol. The van der Waals surface area contributed by atoms with E-state index in [4.69, 9.17) is 4.74 Å². The number of hydrogen-bond donors (Lipinski definition) is 0. The molecule has 0 saturated carbocycles. The Labute approximate surface area is 188 Å². The van der Waals surface area contributed by atoms with Crippen LogP contribution in [-0.4, -0.2) is 57.8 Å². The molecule has 2 aromatic carbocycles. The van der Waals surface area contributed by atoms with E-state index in [-0.39, 0.29) is 17.8 Å². The molecule has 0 bridgehead atoms. The summed E-state index contributed by atoms with van der Waals surface area (Å²) in [6, 6.07) is 16.6. The van der Waals surface area contributed by atoms with E-state index >= 15 is 0 Å². The lowest BCUT2D eigenvalue weighted by Gasteiger charge is -2.25. The fourth-order valence-corrected chi connectivity index (χ4v) is 4.05. The zero-order chi connectivity index (χ0) is 22.3. The van der Waals surface area contributed by atoms with E-state index in [1.807, 2.05) is 48.6 Å². The Kier molecular flexibility index (Phi) is 7.29. The van der Waals surface area contributed by atoms with Crippen molar-refractivity contribution in [2.75, 3.05) is 26.2 Å². The Morgan fingerprint density at radius 1 is 1.06 bits per heavy atom. The quantitative estimate of drug-likeness (QED) is 0.545. The molecule has 0 aliphatic carbocycles. The highest BCUT2D eigenvalue weighted by molar-refractivity contribution is 5.78. The standard InChI is InChI=1S/C25H29FN4O2/c1-28-14-22(13-27-28)15-29-16-24(32-19-21-8-5-9-23(26)12-21)17-30(25(31)18-29)11-10-20-6-3-2-4-7-20/h2-9,12-14,24H,10-11,15-19H2,1H3. The number of aromatic nitrogens is 2. The van der Waals surface area contributed by atoms with Crippen molar-refractivity contribution in [3.63, 3.8) is 0 Å². The van der Waals surface area contributed by atoms with Gasteiger partial charge in [0.05, 0.1) is 25.5 Å². The second-order valence-electron chi connectivity index (χ2n) is 8.33. The molecule has 1 atom stereocenters. The number of amides is 1. The Hall–Kier alpha value is -3.03. The van der Waals surface area contributed by atoms with Crippen molar-refractivity contribution in [2.45, 2.75) is 25.7 Å². The Balaban J connectivity index is 1.44. The van der Waals surface area contributed by atoms with Crippen LogP contribution in [0.1, 0.15) is 16.7 Å². The van der Waals surface area contributed by atoms with Gasteiger partial charge < -0.3 is 9.64 Å². The highest BCUT2D eigenvalue weighted by atomic mass is 19.1. The van der Waals surface area contributed by atoms with Gasteiger partial charge in [0, 0.05) is 45.0 Å². The van der Waals surface area contributed by atoms with E-state index in [0.717, 1.165) is 17.5 Å². The molecule has 1 saturated heterocycles. The van der Waals surface area contributed by atoms with Gasteiger partial charge in [0.15, 0.2) is 0 Å². The SMILES string of the molecule is Cn1cc(CN2CC(=O)N(CCc3ccccc3)CC(OCc3cccc(F)c3)C2)cn1. The van der Waals surface area contributed by atoms with Crippen molar-refractivity contribution in [2.24, 2.45) is 7.05 Å². The number of carbonyl (C=O) groups excluding carboxylic acids is 1. The molecule has 6 nitrogen and oxygen atoms in total. The van der Waals surface area contributed by atoms with Crippen LogP contribution < -0.4 is 0 Å². The summed E-state index contributed by atoms with van der Waals surface area (Å²) >= 11 is 0. The third-order valence-electron chi connectivity index (χ3n) is 5.65. The molecular weight excluding hydrogens is 407 g/mol. The minimum atomic E-state index is -0.273. The molecule has 32 heavy (non-hydrogen) atoms. The Morgan fingerprint density at radius 2 is 1.88 bits per heavy atom. The lowest BCUT2D eigenvalue weighted by molar-refractivity contribution is -0.131. The van der Waals surface area contributed by atoms with Crippen LogP contribution in [0, 0.1) is 5.82 Å². The number of nitrogens with zero attached hydrogens (tertiary/aromatic N) is 4. The summed E-state index contributed by atoms with van der Waals surface area (Å²) in [5.74, 6) is -0.175. The van der Waals surface area contributed by atoms with E-state index in [1.165, 1.54) is 17.7 Å². The maximum Gasteiger partial charge on any atom is 0.236 e. The molecule has 0 radical (unpaired) electrons. The van der Waals surface area contributed by atoms with Gasteiger partial charge in [-0.25, -0.2) is 4.39 Å². The van der Waals surface area contributed by atoms with Gasteiger partial charge in [-0.05, 0) is 29.7 Å². The summed E-state index contributed by atoms with van der Waals surface area (Å²) in [7, 11) is 1.88. The van der Waals surface area contributed by atoms with E-state index in [9.17, 15) is 9.18 Å². The fourth-order valence-electron chi connectivity index (χ4n) is 4.05. The molecule has 1 amide bonds. The lowest BCUT2D eigenvalue weighted by atomic mass is 10.1. The molecule has 1 aliphatic heterocycles. The largest absolute Gasteiger partial charge is 0.370 e. The molecule has 2 heterocycles. The third kappa shape index (κ3) is 6.24. The van der Waals surface area contributed by atoms with E-state index in [1.54, 1.807) is 10.7 Å². The predicted octanol–water partition coefficient (Wildman–Crippen LogP) is 3.03. The van der Waals surface area contributed by atoms with Crippen LogP contribution in [0.5, 0.6) is 0 Å². The van der Waals surface area contributed by atoms with Crippen molar-refractivity contribution < 1.29 is 13.9 Å². The summed E-state index contributed by atoms with van der Waals surface area (Å²) in [5, 5.41) is 4.23. The van der Waals surface area contributed by atoms with Crippen LogP contribution >= 0.6 is 0 Å². The van der Waals surface area contributed by atoms with Crippen LogP contribution in [0.2, 0.25) is 0 Å². The lowest BCUT2D eigenvalue weighted by Crippen LogP contribution is -2.39. The van der Waals surface area contributed by atoms with Crippen LogP contribution in [0.4, 0.5) is 4.39 Å². The molecule has 0 spiro atoms. The van der Waals surface area contributed by atoms with E-state index < -0.39 is 0 Å². The normalized spacial score (nSPS) is 17.5. The van der Waals surface area contributed by atoms with Gasteiger partial charge in [-0.15, -0.1) is 0 Å². The van der Waals surface area contributed by atoms with Crippen LogP contribution in [-0.2, 0) is 36.2 Å². The van der Waals surface area contributed by atoms with Gasteiger partial charge in [0.25, 0.3) is 0 Å². The minimum Gasteiger partial charge on any atom is -0.370 e. The molecule has 3 aromatic rings. The summed E-state index contributed by atoms with van der Waals surface area (Å²) < 4.78 is 21.5. The average molecular weight is 437 g/mol. The number of aryl methyl sites for hydroxylation is 1. The maximum absolute atomic E-state index is 13.6. The van der Waals surface area contributed by atoms with Gasteiger partial charge >= 0.3 is 0 Å². The predicted molar refractivity (Wildman–Crippen MR) is 120 cm³/mol. The zero-order valence-electron chi connectivity index (χ0n) is 18.4. The molecule has 1 aromatic heterocycles. The van der Waals surface area contributed by atoms with E-state index in [2.05, 4.69) is 22.1 Å². The van der Waals surface area contributed by atoms with Gasteiger partial charge in [0.2, 0.25) is 5.91 Å². The first-order chi connectivity index (χ1) is 15.5. The van der Waals surface area contributed by atoms with E-state index in [0.29, 0.717) is 39.3 Å². The number of hydrogen-bond acceptors (Lipinski definition) is 4. The van der Waals surface area contributed by atoms with Gasteiger partial charge in [-0.1, -0.05) is 42.5 Å². The summed E-state index contributed by atoms with van der Waals surface area (Å²) in [5.41, 5.74) is 3.05. The highest BCUT2D eigenvalue weighted by Gasteiger charge is 2.28. The number of benzene rings is 2. The Bertz CT molecular complexity index is 1020. The first-order valence-corrected chi connectivity index (χ1v) is 10.9. The molecule has 1 unspecified atom stereocenters. The summed E-state index contributed by atoms with van der Waals surface area (Å²) in [6.45, 7) is 3.06. The first kappa shape index (κ1) is 22.2. The fraction of sp³-hybridized carbons (Fsp3) is 0.360. The molecule has 7 heteroatoms. The van der Waals surface area contributed by atoms with Crippen molar-refractivity contribution in [1.29, 1.82) is 0 Å². The highest BCUT2D eigenvalue weighted by Crippen LogP contribution is 2.15. The second-order valence-corrected chi connectivity index (χ2v) is 8.33. The molecular formula is C25H29FN4O2.